The summed E-state index contributed by atoms with van der Waals surface area (Å²) >= 11 is 0. The van der Waals surface area contributed by atoms with Gasteiger partial charge in [-0.05, 0) is 51.8 Å². The molecule has 9 heteroatoms. The van der Waals surface area contributed by atoms with Gasteiger partial charge < -0.3 is 10.2 Å². The maximum atomic E-state index is 14.8. The molecule has 0 unspecified atom stereocenters. The van der Waals surface area contributed by atoms with Crippen LogP contribution in [0.2, 0.25) is 0 Å². The molecule has 0 bridgehead atoms. The van der Waals surface area contributed by atoms with E-state index in [0.717, 1.165) is 24.2 Å². The third kappa shape index (κ3) is 3.87. The molecule has 1 saturated heterocycles. The number of hydrogen-bond acceptors (Lipinski definition) is 6. The lowest BCUT2D eigenvalue weighted by Crippen LogP contribution is -2.52. The molecule has 2 atom stereocenters. The Bertz CT molecular complexity index is 1030. The quantitative estimate of drug-likeness (QED) is 0.713. The van der Waals surface area contributed by atoms with Crippen LogP contribution in [0.25, 0.3) is 5.69 Å². The van der Waals surface area contributed by atoms with Crippen LogP contribution in [0.1, 0.15) is 41.5 Å². The molecule has 1 aliphatic rings. The van der Waals surface area contributed by atoms with Crippen LogP contribution in [0.15, 0.2) is 36.7 Å². The predicted molar refractivity (Wildman–Crippen MR) is 110 cm³/mol. The monoisotopic (exact) mass is 409 g/mol. The van der Waals surface area contributed by atoms with Crippen molar-refractivity contribution in [3.05, 3.63) is 59.4 Å². The molecular weight excluding hydrogens is 385 g/mol. The molecule has 1 fully saturated rings. The number of amides is 1. The summed E-state index contributed by atoms with van der Waals surface area (Å²) in [7, 11) is 0. The zero-order valence-electron chi connectivity index (χ0n) is 17.2. The highest BCUT2D eigenvalue weighted by atomic mass is 19.1. The Kier molecular flexibility index (Phi) is 5.43. The minimum absolute atomic E-state index is 0.0242. The number of rotatable bonds is 4. The van der Waals surface area contributed by atoms with Crippen molar-refractivity contribution in [3.63, 3.8) is 0 Å². The molecule has 0 spiro atoms. The minimum atomic E-state index is -0.588. The largest absolute Gasteiger partial charge is 0.349 e. The number of hydrogen-bond donors (Lipinski definition) is 1. The first-order valence-electron chi connectivity index (χ1n) is 9.99. The lowest BCUT2D eigenvalue weighted by molar-refractivity contribution is 0.0611. The fourth-order valence-electron chi connectivity index (χ4n) is 3.95. The summed E-state index contributed by atoms with van der Waals surface area (Å²) in [5.74, 6) is -0.415. The molecule has 0 saturated carbocycles. The number of benzene rings is 1. The third-order valence-corrected chi connectivity index (χ3v) is 5.39. The lowest BCUT2D eigenvalue weighted by atomic mass is 9.96. The normalized spacial score (nSPS) is 19.0. The highest BCUT2D eigenvalue weighted by molar-refractivity contribution is 5.98. The molecule has 8 nitrogen and oxygen atoms in total. The first-order chi connectivity index (χ1) is 14.4. The van der Waals surface area contributed by atoms with Gasteiger partial charge in [-0.15, -0.1) is 0 Å². The van der Waals surface area contributed by atoms with E-state index < -0.39 is 5.82 Å². The van der Waals surface area contributed by atoms with Crippen molar-refractivity contribution >= 4 is 11.9 Å². The molecule has 3 heterocycles. The Balaban J connectivity index is 1.61. The average molecular weight is 409 g/mol. The summed E-state index contributed by atoms with van der Waals surface area (Å²) in [5.41, 5.74) is 2.06. The highest BCUT2D eigenvalue weighted by Crippen LogP contribution is 2.26. The number of carbonyl (C=O) groups is 1. The van der Waals surface area contributed by atoms with Crippen LogP contribution in [0.4, 0.5) is 10.3 Å². The van der Waals surface area contributed by atoms with E-state index in [1.54, 1.807) is 17.0 Å². The first kappa shape index (κ1) is 19.9. The van der Waals surface area contributed by atoms with Gasteiger partial charge in [0.25, 0.3) is 5.91 Å². The topological polar surface area (TPSA) is 88.8 Å². The molecule has 2 aromatic heterocycles. The maximum Gasteiger partial charge on any atom is 0.259 e. The number of anilines is 1. The Hall–Kier alpha value is -3.36. The van der Waals surface area contributed by atoms with E-state index in [-0.39, 0.29) is 23.6 Å². The fourth-order valence-corrected chi connectivity index (χ4v) is 3.95. The van der Waals surface area contributed by atoms with Crippen LogP contribution < -0.4 is 5.32 Å². The zero-order chi connectivity index (χ0) is 21.3. The van der Waals surface area contributed by atoms with Crippen molar-refractivity contribution in [3.8, 4) is 5.69 Å². The number of likely N-dealkylation sites (tertiary alicyclic amines) is 1. The van der Waals surface area contributed by atoms with E-state index in [2.05, 4.69) is 25.5 Å². The Labute approximate surface area is 174 Å². The van der Waals surface area contributed by atoms with E-state index in [4.69, 9.17) is 0 Å². The number of carbonyl (C=O) groups excluding carboxylic acids is 1. The number of aromatic nitrogens is 5. The van der Waals surface area contributed by atoms with Crippen molar-refractivity contribution in [1.29, 1.82) is 0 Å². The molecule has 4 rings (SSSR count). The van der Waals surface area contributed by atoms with Crippen LogP contribution in [-0.2, 0) is 0 Å². The molecule has 1 N–H and O–H groups in total. The van der Waals surface area contributed by atoms with Crippen LogP contribution in [0.5, 0.6) is 0 Å². The highest BCUT2D eigenvalue weighted by Gasteiger charge is 2.34. The SMILES string of the molecule is Cc1cc(C)nc(N[C@H]2CCCN(C(=O)c3c(F)cccc3-n3nccn3)[C@@H]2C)n1. The smallest absolute Gasteiger partial charge is 0.259 e. The standard InChI is InChI=1S/C21H24FN7O/c1-13-12-14(2)26-21(25-13)27-17-7-5-11-28(15(17)3)20(30)19-16(22)6-4-8-18(19)29-23-9-10-24-29/h4,6,8-10,12,15,17H,5,7,11H2,1-3H3,(H,25,26,27)/t15-,17+/m1/s1. The fraction of sp³-hybridized carbons (Fsp3) is 0.381. The zero-order valence-corrected chi connectivity index (χ0v) is 17.2. The Morgan fingerprint density at radius 1 is 1.17 bits per heavy atom. The molecule has 30 heavy (non-hydrogen) atoms. The maximum absolute atomic E-state index is 14.8. The summed E-state index contributed by atoms with van der Waals surface area (Å²) in [6.07, 6.45) is 4.65. The van der Waals surface area contributed by atoms with Crippen molar-refractivity contribution in [2.24, 2.45) is 0 Å². The van der Waals surface area contributed by atoms with Crippen molar-refractivity contribution in [1.82, 2.24) is 29.9 Å². The van der Waals surface area contributed by atoms with E-state index in [1.807, 2.05) is 26.8 Å². The summed E-state index contributed by atoms with van der Waals surface area (Å²) in [4.78, 5) is 25.3. The first-order valence-corrected chi connectivity index (χ1v) is 9.99. The molecule has 156 valence electrons. The summed E-state index contributed by atoms with van der Waals surface area (Å²) in [6, 6.07) is 6.18. The summed E-state index contributed by atoms with van der Waals surface area (Å²) in [6.45, 7) is 6.35. The van der Waals surface area contributed by atoms with Crippen molar-refractivity contribution < 1.29 is 9.18 Å². The second-order valence-corrected chi connectivity index (χ2v) is 7.56. The van der Waals surface area contributed by atoms with E-state index in [9.17, 15) is 9.18 Å². The number of halogens is 1. The van der Waals surface area contributed by atoms with E-state index in [0.29, 0.717) is 18.2 Å². The van der Waals surface area contributed by atoms with Crippen LogP contribution in [-0.4, -0.2) is 54.4 Å². The van der Waals surface area contributed by atoms with Crippen LogP contribution in [0.3, 0.4) is 0 Å². The number of nitrogens with zero attached hydrogens (tertiary/aromatic N) is 6. The van der Waals surface area contributed by atoms with Gasteiger partial charge in [-0.1, -0.05) is 6.07 Å². The Morgan fingerprint density at radius 2 is 1.87 bits per heavy atom. The van der Waals surface area contributed by atoms with Gasteiger partial charge in [0.15, 0.2) is 0 Å². The van der Waals surface area contributed by atoms with Gasteiger partial charge in [-0.25, -0.2) is 14.4 Å². The van der Waals surface area contributed by atoms with E-state index >= 15 is 0 Å². The molecule has 1 amide bonds. The number of piperidine rings is 1. The van der Waals surface area contributed by atoms with Gasteiger partial charge in [0.2, 0.25) is 5.95 Å². The Morgan fingerprint density at radius 3 is 2.57 bits per heavy atom. The van der Waals surface area contributed by atoms with Gasteiger partial charge in [0.05, 0.1) is 12.4 Å². The molecule has 0 aliphatic carbocycles. The number of aryl methyl sites for hydroxylation is 2. The van der Waals surface area contributed by atoms with Crippen LogP contribution in [0, 0.1) is 19.7 Å². The van der Waals surface area contributed by atoms with Crippen molar-refractivity contribution in [2.45, 2.75) is 45.7 Å². The molecule has 0 radical (unpaired) electrons. The minimum Gasteiger partial charge on any atom is -0.349 e. The van der Waals surface area contributed by atoms with Gasteiger partial charge in [-0.3, -0.25) is 4.79 Å². The molecular formula is C21H24FN7O. The van der Waals surface area contributed by atoms with E-state index in [1.165, 1.54) is 23.3 Å². The van der Waals surface area contributed by atoms with Crippen LogP contribution >= 0.6 is 0 Å². The average Bonchev–Trinajstić information content (AvgIpc) is 3.23. The number of nitrogens with one attached hydrogen (secondary N) is 1. The van der Waals surface area contributed by atoms with Gasteiger partial charge in [0, 0.05) is 30.0 Å². The lowest BCUT2D eigenvalue weighted by Gasteiger charge is -2.40. The second-order valence-electron chi connectivity index (χ2n) is 7.56. The molecule has 1 aliphatic heterocycles. The third-order valence-electron chi connectivity index (χ3n) is 5.39. The van der Waals surface area contributed by atoms with Gasteiger partial charge in [0.1, 0.15) is 17.1 Å². The van der Waals surface area contributed by atoms with Crippen molar-refractivity contribution in [2.75, 3.05) is 11.9 Å². The predicted octanol–water partition coefficient (Wildman–Crippen LogP) is 2.92. The second kappa shape index (κ2) is 8.17. The summed E-state index contributed by atoms with van der Waals surface area (Å²) in [5, 5.41) is 11.5. The van der Waals surface area contributed by atoms with Gasteiger partial charge >= 0.3 is 0 Å². The molecule has 3 aromatic rings. The molecule has 1 aromatic carbocycles. The van der Waals surface area contributed by atoms with Gasteiger partial charge in [-0.2, -0.15) is 15.0 Å². The summed E-state index contributed by atoms with van der Waals surface area (Å²) < 4.78 is 14.8.